The van der Waals surface area contributed by atoms with Gasteiger partial charge in [0.25, 0.3) is 0 Å². The van der Waals surface area contributed by atoms with E-state index in [1.165, 1.54) is 12.3 Å². The quantitative estimate of drug-likeness (QED) is 0.175. The molecule has 2 aromatic rings. The third-order valence-corrected chi connectivity index (χ3v) is 9.60. The molecule has 1 amide bonds. The molecule has 1 aliphatic heterocycles. The number of piperidine rings is 1. The van der Waals surface area contributed by atoms with Crippen LogP contribution in [-0.2, 0) is 14.6 Å². The summed E-state index contributed by atoms with van der Waals surface area (Å²) in [5.74, 6) is 0.934. The Morgan fingerprint density at radius 2 is 1.84 bits per heavy atom. The van der Waals surface area contributed by atoms with Crippen LogP contribution in [0.15, 0.2) is 53.7 Å². The van der Waals surface area contributed by atoms with E-state index in [2.05, 4.69) is 44.4 Å². The van der Waals surface area contributed by atoms with Crippen molar-refractivity contribution in [2.45, 2.75) is 71.7 Å². The first-order chi connectivity index (χ1) is 20.3. The first-order valence-corrected chi connectivity index (χ1v) is 16.3. The zero-order chi connectivity index (χ0) is 31.9. The highest BCUT2D eigenvalue weighted by Gasteiger charge is 2.25. The minimum absolute atomic E-state index is 0.122. The van der Waals surface area contributed by atoms with Gasteiger partial charge < -0.3 is 25.6 Å². The molecule has 0 aliphatic carbocycles. The maximum atomic E-state index is 13.0. The predicted octanol–water partition coefficient (Wildman–Crippen LogP) is 6.64. The van der Waals surface area contributed by atoms with E-state index in [4.69, 9.17) is 16.3 Å². The molecule has 43 heavy (non-hydrogen) atoms. The summed E-state index contributed by atoms with van der Waals surface area (Å²) in [6.07, 6.45) is 7.66. The second-order valence-electron chi connectivity index (χ2n) is 11.1. The second kappa shape index (κ2) is 14.9. The van der Waals surface area contributed by atoms with Crippen molar-refractivity contribution in [2.24, 2.45) is 0 Å². The van der Waals surface area contributed by atoms with Gasteiger partial charge in [-0.1, -0.05) is 24.3 Å². The number of likely N-dealkylation sites (tertiary alicyclic amines) is 1. The second-order valence-corrected chi connectivity index (χ2v) is 14.0. The molecule has 2 heterocycles. The largest absolute Gasteiger partial charge is 0.489 e. The molecule has 0 radical (unpaired) electrons. The molecule has 3 N–H and O–H groups in total. The van der Waals surface area contributed by atoms with Crippen LogP contribution in [0.4, 0.5) is 23.1 Å². The number of aromatic nitrogens is 2. The summed E-state index contributed by atoms with van der Waals surface area (Å²) >= 11 is 6.43. The van der Waals surface area contributed by atoms with Crippen molar-refractivity contribution in [1.29, 1.82) is 0 Å². The van der Waals surface area contributed by atoms with Crippen LogP contribution in [0.25, 0.3) is 0 Å². The molecule has 12 heteroatoms. The lowest BCUT2D eigenvalue weighted by atomic mass is 9.88. The number of amides is 1. The van der Waals surface area contributed by atoms with Crippen LogP contribution >= 0.6 is 11.6 Å². The molecule has 0 bridgehead atoms. The van der Waals surface area contributed by atoms with Crippen LogP contribution in [0, 0.1) is 0 Å². The molecule has 1 aromatic carbocycles. The molecule has 0 atom stereocenters. The maximum absolute atomic E-state index is 13.0. The van der Waals surface area contributed by atoms with Gasteiger partial charge in [0.15, 0.2) is 15.7 Å². The lowest BCUT2D eigenvalue weighted by molar-refractivity contribution is -0.111. The smallest absolute Gasteiger partial charge is 0.247 e. The van der Waals surface area contributed by atoms with Gasteiger partial charge in [-0.15, -0.1) is 0 Å². The Kier molecular flexibility index (Phi) is 11.8. The average molecular weight is 631 g/mol. The molecule has 10 nitrogen and oxygen atoms in total. The summed E-state index contributed by atoms with van der Waals surface area (Å²) in [5, 5.41) is 8.82. The topological polar surface area (TPSA) is 126 Å². The van der Waals surface area contributed by atoms with Gasteiger partial charge in [-0.3, -0.25) is 4.79 Å². The summed E-state index contributed by atoms with van der Waals surface area (Å²) in [6.45, 7) is 16.1. The Morgan fingerprint density at radius 3 is 2.42 bits per heavy atom. The number of allylic oxidation sites excluding steroid dienone is 3. The Labute approximate surface area is 260 Å². The van der Waals surface area contributed by atoms with Gasteiger partial charge in [0.2, 0.25) is 11.9 Å². The first kappa shape index (κ1) is 34.1. The van der Waals surface area contributed by atoms with Crippen molar-refractivity contribution in [2.75, 3.05) is 36.1 Å². The first-order valence-electron chi connectivity index (χ1n) is 14.4. The van der Waals surface area contributed by atoms with Gasteiger partial charge in [-0.25, -0.2) is 13.4 Å². The van der Waals surface area contributed by atoms with Crippen molar-refractivity contribution in [3.63, 3.8) is 0 Å². The Bertz CT molecular complexity index is 1500. The van der Waals surface area contributed by atoms with Crippen molar-refractivity contribution < 1.29 is 17.9 Å². The van der Waals surface area contributed by atoms with E-state index in [1.54, 1.807) is 39.8 Å². The predicted molar refractivity (Wildman–Crippen MR) is 176 cm³/mol. The standard InChI is InChI=1S/C31H43ClN6O4S/c1-9-11-28(43(40,41)20(5)6)21(7)34-30-24(32)18-33-31(37-30)36-26-17-25(35-29(39)10-2)23(16-27(26)42-19(3)4)22-12-14-38(8)15-13-22/h9-11,16-20,22H,2,12-15H2,1,3-8H3,(H,35,39)(H2,33,34,36,37)/b11-9-,28-21-. The summed E-state index contributed by atoms with van der Waals surface area (Å²) in [7, 11) is -1.47. The van der Waals surface area contributed by atoms with E-state index in [-0.39, 0.29) is 39.6 Å². The Hall–Kier alpha value is -3.41. The molecule has 1 fully saturated rings. The fourth-order valence-corrected chi connectivity index (χ4v) is 6.16. The van der Waals surface area contributed by atoms with Crippen molar-refractivity contribution in [1.82, 2.24) is 14.9 Å². The molecule has 0 spiro atoms. The van der Waals surface area contributed by atoms with Crippen LogP contribution in [0.2, 0.25) is 5.02 Å². The molecule has 1 aliphatic rings. The number of hydrogen-bond donors (Lipinski definition) is 3. The maximum Gasteiger partial charge on any atom is 0.247 e. The molecule has 1 saturated heterocycles. The van der Waals surface area contributed by atoms with Gasteiger partial charge in [-0.05, 0) is 110 Å². The number of rotatable bonds is 12. The van der Waals surface area contributed by atoms with Crippen LogP contribution in [0.5, 0.6) is 5.75 Å². The highest BCUT2D eigenvalue weighted by Crippen LogP contribution is 2.41. The van der Waals surface area contributed by atoms with E-state index >= 15 is 0 Å². The van der Waals surface area contributed by atoms with Gasteiger partial charge in [-0.2, -0.15) is 4.98 Å². The lowest BCUT2D eigenvalue weighted by Crippen LogP contribution is -2.29. The normalized spacial score (nSPS) is 15.5. The Morgan fingerprint density at radius 1 is 1.16 bits per heavy atom. The Balaban J connectivity index is 2.06. The minimum atomic E-state index is -3.58. The fraction of sp³-hybridized carbons (Fsp3) is 0.452. The van der Waals surface area contributed by atoms with Crippen LogP contribution < -0.4 is 20.7 Å². The zero-order valence-corrected chi connectivity index (χ0v) is 27.6. The third kappa shape index (κ3) is 8.81. The molecular weight excluding hydrogens is 588 g/mol. The minimum Gasteiger partial charge on any atom is -0.489 e. The van der Waals surface area contributed by atoms with E-state index in [0.717, 1.165) is 31.5 Å². The molecule has 3 rings (SSSR count). The van der Waals surface area contributed by atoms with Crippen LogP contribution in [0.3, 0.4) is 0 Å². The molecular formula is C31H43ClN6O4S. The summed E-state index contributed by atoms with van der Waals surface area (Å²) in [4.78, 5) is 23.7. The zero-order valence-electron chi connectivity index (χ0n) is 26.0. The fourth-order valence-electron chi connectivity index (χ4n) is 4.71. The van der Waals surface area contributed by atoms with E-state index < -0.39 is 15.1 Å². The van der Waals surface area contributed by atoms with Gasteiger partial charge in [0, 0.05) is 11.4 Å². The average Bonchev–Trinajstić information content (AvgIpc) is 2.94. The van der Waals surface area contributed by atoms with Gasteiger partial charge in [0.05, 0.1) is 28.1 Å². The molecule has 1 aromatic heterocycles. The number of benzene rings is 1. The summed E-state index contributed by atoms with van der Waals surface area (Å²) in [5.41, 5.74) is 2.56. The number of sulfone groups is 1. The number of anilines is 4. The molecule has 0 saturated carbocycles. The van der Waals surface area contributed by atoms with Crippen molar-refractivity contribution >= 4 is 50.5 Å². The highest BCUT2D eigenvalue weighted by atomic mass is 35.5. The summed E-state index contributed by atoms with van der Waals surface area (Å²) in [6, 6.07) is 3.79. The van der Waals surface area contributed by atoms with Gasteiger partial charge in [0.1, 0.15) is 10.8 Å². The van der Waals surface area contributed by atoms with Gasteiger partial charge >= 0.3 is 0 Å². The molecule has 234 valence electrons. The van der Waals surface area contributed by atoms with E-state index in [0.29, 0.717) is 22.8 Å². The number of nitrogens with one attached hydrogen (secondary N) is 3. The van der Waals surface area contributed by atoms with Crippen LogP contribution in [0.1, 0.15) is 65.9 Å². The van der Waals surface area contributed by atoms with E-state index in [9.17, 15) is 13.2 Å². The van der Waals surface area contributed by atoms with Crippen molar-refractivity contribution in [3.05, 3.63) is 64.3 Å². The third-order valence-electron chi connectivity index (χ3n) is 7.03. The number of nitrogens with zero attached hydrogens (tertiary/aromatic N) is 3. The number of carbonyl (C=O) groups is 1. The number of hydrogen-bond acceptors (Lipinski definition) is 9. The van der Waals surface area contributed by atoms with Crippen LogP contribution in [-0.4, -0.2) is 60.7 Å². The monoisotopic (exact) mass is 630 g/mol. The number of halogens is 1. The highest BCUT2D eigenvalue weighted by molar-refractivity contribution is 7.96. The molecule has 0 unspecified atom stereocenters. The summed E-state index contributed by atoms with van der Waals surface area (Å²) < 4.78 is 32.2. The number of ether oxygens (including phenoxy) is 1. The lowest BCUT2D eigenvalue weighted by Gasteiger charge is -2.31. The van der Waals surface area contributed by atoms with E-state index in [1.807, 2.05) is 26.0 Å². The number of carbonyl (C=O) groups excluding carboxylic acids is 1. The van der Waals surface area contributed by atoms with Crippen molar-refractivity contribution in [3.8, 4) is 5.75 Å². The SMILES string of the molecule is C=CC(=O)Nc1cc(Nc2ncc(Cl)c(N/C(C)=C(/C=C\C)S(=O)(=O)C(C)C)n2)c(OC(C)C)cc1C1CCN(C)CC1.